The number of rotatable bonds is 7. The van der Waals surface area contributed by atoms with Crippen LogP contribution in [0.4, 0.5) is 5.69 Å². The summed E-state index contributed by atoms with van der Waals surface area (Å²) in [5, 5.41) is 0. The Labute approximate surface area is 228 Å². The van der Waals surface area contributed by atoms with Crippen molar-refractivity contribution in [3.63, 3.8) is 0 Å². The molecule has 39 heavy (non-hydrogen) atoms. The van der Waals surface area contributed by atoms with Crippen molar-refractivity contribution in [1.82, 2.24) is 14.5 Å². The second kappa shape index (κ2) is 10.8. The fourth-order valence-electron chi connectivity index (χ4n) is 5.80. The van der Waals surface area contributed by atoms with Crippen molar-refractivity contribution < 1.29 is 4.74 Å². The molecule has 0 radical (unpaired) electrons. The minimum Gasteiger partial charge on any atom is -0.497 e. The number of aromatic nitrogens is 2. The van der Waals surface area contributed by atoms with Crippen molar-refractivity contribution in [3.05, 3.63) is 118 Å². The van der Waals surface area contributed by atoms with Gasteiger partial charge in [-0.05, 0) is 83.5 Å². The van der Waals surface area contributed by atoms with Gasteiger partial charge in [0.2, 0.25) is 0 Å². The molecular weight excluding hydrogens is 484 g/mol. The lowest BCUT2D eigenvalue weighted by molar-refractivity contribution is 0.180. The number of anilines is 1. The highest BCUT2D eigenvalue weighted by molar-refractivity contribution is 5.75. The van der Waals surface area contributed by atoms with Gasteiger partial charge < -0.3 is 15.5 Å². The van der Waals surface area contributed by atoms with Crippen molar-refractivity contribution in [1.29, 1.82) is 0 Å². The Hall–Kier alpha value is -4.29. The summed E-state index contributed by atoms with van der Waals surface area (Å²) in [6.07, 6.45) is 2.76. The van der Waals surface area contributed by atoms with Gasteiger partial charge in [-0.15, -0.1) is 0 Å². The lowest BCUT2D eigenvalue weighted by Gasteiger charge is -2.32. The van der Waals surface area contributed by atoms with Crippen LogP contribution in [0.2, 0.25) is 0 Å². The third-order valence-electron chi connectivity index (χ3n) is 7.82. The highest BCUT2D eigenvalue weighted by Gasteiger charge is 2.23. The first-order chi connectivity index (χ1) is 19.1. The maximum Gasteiger partial charge on any atom is 0.326 e. The van der Waals surface area contributed by atoms with Gasteiger partial charge in [-0.1, -0.05) is 54.6 Å². The number of para-hydroxylation sites is 2. The maximum atomic E-state index is 12.6. The number of nitrogen functional groups attached to an aromatic ring is 1. The molecule has 1 saturated heterocycles. The smallest absolute Gasteiger partial charge is 0.326 e. The van der Waals surface area contributed by atoms with Gasteiger partial charge in [-0.2, -0.15) is 0 Å². The molecule has 0 bridgehead atoms. The van der Waals surface area contributed by atoms with Crippen LogP contribution in [0.3, 0.4) is 0 Å². The Kier molecular flexibility index (Phi) is 6.95. The van der Waals surface area contributed by atoms with Crippen molar-refractivity contribution >= 4 is 16.7 Å². The monoisotopic (exact) mass is 518 g/mol. The highest BCUT2D eigenvalue weighted by Crippen LogP contribution is 2.28. The van der Waals surface area contributed by atoms with Crippen molar-refractivity contribution in [2.45, 2.75) is 31.8 Å². The number of hydrogen-bond acceptors (Lipinski definition) is 4. The highest BCUT2D eigenvalue weighted by atomic mass is 16.5. The third kappa shape index (κ3) is 5.47. The minimum atomic E-state index is -0.000977. The van der Waals surface area contributed by atoms with Crippen LogP contribution in [-0.4, -0.2) is 34.7 Å². The van der Waals surface area contributed by atoms with Gasteiger partial charge in [0.1, 0.15) is 5.75 Å². The molecule has 6 rings (SSSR count). The number of nitrogens with one attached hydrogen (secondary N) is 1. The Morgan fingerprint density at radius 2 is 1.56 bits per heavy atom. The van der Waals surface area contributed by atoms with E-state index < -0.39 is 0 Å². The summed E-state index contributed by atoms with van der Waals surface area (Å²) >= 11 is 0. The molecule has 0 spiro atoms. The molecule has 4 aromatic carbocycles. The van der Waals surface area contributed by atoms with E-state index in [9.17, 15) is 4.79 Å². The van der Waals surface area contributed by atoms with E-state index in [1.54, 1.807) is 7.11 Å². The topological polar surface area (TPSA) is 76.3 Å². The second-order valence-electron chi connectivity index (χ2n) is 10.5. The molecule has 6 nitrogen and oxygen atoms in total. The van der Waals surface area contributed by atoms with Gasteiger partial charge in [-0.3, -0.25) is 9.47 Å². The van der Waals surface area contributed by atoms with E-state index in [0.29, 0.717) is 0 Å². The molecule has 1 aliphatic rings. The van der Waals surface area contributed by atoms with Crippen LogP contribution in [0.1, 0.15) is 35.6 Å². The molecule has 2 heterocycles. The van der Waals surface area contributed by atoms with Crippen LogP contribution in [-0.2, 0) is 13.0 Å². The average Bonchev–Trinajstić information content (AvgIpc) is 3.29. The Bertz CT molecular complexity index is 1630. The number of hydrogen-bond donors (Lipinski definition) is 2. The molecule has 1 fully saturated rings. The van der Waals surface area contributed by atoms with Gasteiger partial charge in [0.05, 0.1) is 18.1 Å². The predicted octanol–water partition coefficient (Wildman–Crippen LogP) is 6.02. The fraction of sp³-hybridized carbons (Fsp3) is 0.242. The fourth-order valence-corrected chi connectivity index (χ4v) is 5.80. The van der Waals surface area contributed by atoms with E-state index in [0.717, 1.165) is 66.9 Å². The molecular formula is C33H34N4O2. The summed E-state index contributed by atoms with van der Waals surface area (Å²) in [5.74, 6) is 0.862. The molecule has 5 aromatic rings. The lowest BCUT2D eigenvalue weighted by Crippen LogP contribution is -2.36. The van der Waals surface area contributed by atoms with Gasteiger partial charge in [-0.25, -0.2) is 4.79 Å². The van der Waals surface area contributed by atoms with Crippen LogP contribution in [0.15, 0.2) is 95.8 Å². The van der Waals surface area contributed by atoms with Crippen LogP contribution >= 0.6 is 0 Å². The van der Waals surface area contributed by atoms with E-state index in [-0.39, 0.29) is 11.7 Å². The summed E-state index contributed by atoms with van der Waals surface area (Å²) < 4.78 is 7.23. The Balaban J connectivity index is 1.10. The van der Waals surface area contributed by atoms with E-state index in [1.165, 1.54) is 22.3 Å². The van der Waals surface area contributed by atoms with Crippen LogP contribution < -0.4 is 16.2 Å². The largest absolute Gasteiger partial charge is 0.497 e. The number of nitrogens with zero attached hydrogens (tertiary/aromatic N) is 2. The first kappa shape index (κ1) is 25.0. The van der Waals surface area contributed by atoms with Crippen LogP contribution in [0.5, 0.6) is 5.75 Å². The molecule has 0 atom stereocenters. The Morgan fingerprint density at radius 3 is 2.31 bits per heavy atom. The number of benzene rings is 4. The van der Waals surface area contributed by atoms with Crippen molar-refractivity contribution in [3.8, 4) is 16.9 Å². The number of methoxy groups -OCH3 is 1. The predicted molar refractivity (Wildman–Crippen MR) is 158 cm³/mol. The molecule has 198 valence electrons. The summed E-state index contributed by atoms with van der Waals surface area (Å²) in [4.78, 5) is 18.1. The molecule has 0 saturated carbocycles. The Morgan fingerprint density at radius 1 is 0.846 bits per heavy atom. The summed E-state index contributed by atoms with van der Waals surface area (Å²) in [5.41, 5.74) is 15.0. The van der Waals surface area contributed by atoms with Gasteiger partial charge >= 0.3 is 5.69 Å². The van der Waals surface area contributed by atoms with Crippen molar-refractivity contribution in [2.75, 3.05) is 25.9 Å². The molecule has 1 aromatic heterocycles. The number of likely N-dealkylation sites (tertiary alicyclic amines) is 1. The molecule has 0 unspecified atom stereocenters. The molecule has 0 amide bonds. The summed E-state index contributed by atoms with van der Waals surface area (Å²) in [6.45, 7) is 2.86. The zero-order chi connectivity index (χ0) is 26.8. The van der Waals surface area contributed by atoms with E-state index in [1.807, 2.05) is 47.0 Å². The molecule has 1 aliphatic heterocycles. The zero-order valence-corrected chi connectivity index (χ0v) is 22.3. The van der Waals surface area contributed by atoms with E-state index in [4.69, 9.17) is 10.5 Å². The number of piperidine rings is 1. The molecule has 0 aliphatic carbocycles. The number of aromatic amines is 1. The maximum absolute atomic E-state index is 12.6. The number of imidazole rings is 1. The normalized spacial score (nSPS) is 14.6. The minimum absolute atomic E-state index is 0.000977. The SMILES string of the molecule is COc1ccc(Cc2cc(N)cc(-c3ccc(CN4CCC(n5c(=O)[nH]c6ccccc65)CC4)cc3)c2)cc1. The number of ether oxygens (including phenoxy) is 1. The van der Waals surface area contributed by atoms with Crippen LogP contribution in [0.25, 0.3) is 22.2 Å². The lowest BCUT2D eigenvalue weighted by atomic mass is 9.97. The third-order valence-corrected chi connectivity index (χ3v) is 7.82. The number of fused-ring (bicyclic) bond motifs is 1. The quantitative estimate of drug-likeness (QED) is 0.259. The van der Waals surface area contributed by atoms with Gasteiger partial charge in [0.15, 0.2) is 0 Å². The van der Waals surface area contributed by atoms with E-state index in [2.05, 4.69) is 58.4 Å². The number of H-pyrrole nitrogens is 1. The van der Waals surface area contributed by atoms with Crippen molar-refractivity contribution in [2.24, 2.45) is 0 Å². The van der Waals surface area contributed by atoms with E-state index >= 15 is 0 Å². The average molecular weight is 519 g/mol. The van der Waals surface area contributed by atoms with Gasteiger partial charge in [0, 0.05) is 31.4 Å². The van der Waals surface area contributed by atoms with Gasteiger partial charge in [0.25, 0.3) is 0 Å². The van der Waals surface area contributed by atoms with Crippen LogP contribution in [0, 0.1) is 0 Å². The summed E-state index contributed by atoms with van der Waals surface area (Å²) in [6, 6.07) is 31.5. The standard InChI is InChI=1S/C33H34N4O2/c1-39-30-12-8-23(9-13-30)18-25-19-27(21-28(34)20-25)26-10-6-24(7-11-26)22-36-16-14-29(15-17-36)37-32-5-3-2-4-31(32)35-33(37)38/h2-13,19-21,29H,14-18,22,34H2,1H3,(H,35,38). The molecule has 3 N–H and O–H groups in total. The zero-order valence-electron chi connectivity index (χ0n) is 22.3. The summed E-state index contributed by atoms with van der Waals surface area (Å²) in [7, 11) is 1.68. The number of nitrogens with two attached hydrogens (primary N) is 1. The first-order valence-corrected chi connectivity index (χ1v) is 13.6. The molecule has 6 heteroatoms. The second-order valence-corrected chi connectivity index (χ2v) is 10.5. The first-order valence-electron chi connectivity index (χ1n) is 13.6.